The molecule has 2 aromatic rings. The summed E-state index contributed by atoms with van der Waals surface area (Å²) < 4.78 is 6.93. The van der Waals surface area contributed by atoms with E-state index in [9.17, 15) is 0 Å². The minimum absolute atomic E-state index is 0.498. The van der Waals surface area contributed by atoms with Gasteiger partial charge in [-0.05, 0) is 43.5 Å². The van der Waals surface area contributed by atoms with E-state index < -0.39 is 0 Å². The third-order valence-corrected chi connectivity index (χ3v) is 4.16. The van der Waals surface area contributed by atoms with E-state index in [-0.39, 0.29) is 0 Å². The van der Waals surface area contributed by atoms with Crippen molar-refractivity contribution in [3.63, 3.8) is 0 Å². The van der Waals surface area contributed by atoms with Crippen molar-refractivity contribution < 1.29 is 4.74 Å². The van der Waals surface area contributed by atoms with Crippen molar-refractivity contribution in [3.05, 3.63) is 40.1 Å². The van der Waals surface area contributed by atoms with Crippen molar-refractivity contribution in [2.24, 2.45) is 0 Å². The van der Waals surface area contributed by atoms with E-state index >= 15 is 0 Å². The summed E-state index contributed by atoms with van der Waals surface area (Å²) in [6, 6.07) is 7.72. The lowest BCUT2D eigenvalue weighted by Crippen LogP contribution is -2.01. The van der Waals surface area contributed by atoms with Crippen molar-refractivity contribution >= 4 is 21.7 Å². The average Bonchev–Trinajstić information content (AvgIpc) is 3.27. The van der Waals surface area contributed by atoms with Crippen LogP contribution in [0.3, 0.4) is 0 Å². The average molecular weight is 334 g/mol. The molecule has 3 rings (SSSR count). The second-order valence-corrected chi connectivity index (χ2v) is 5.84. The van der Waals surface area contributed by atoms with Gasteiger partial charge in [-0.25, -0.2) is 4.98 Å². The monoisotopic (exact) mass is 333 g/mol. The lowest BCUT2D eigenvalue weighted by Gasteiger charge is -2.09. The Morgan fingerprint density at radius 3 is 2.70 bits per heavy atom. The molecular weight excluding hydrogens is 318 g/mol. The molecule has 1 heterocycles. The predicted molar refractivity (Wildman–Crippen MR) is 82.5 cm³/mol. The van der Waals surface area contributed by atoms with Crippen LogP contribution in [0.4, 0.5) is 5.82 Å². The van der Waals surface area contributed by atoms with Crippen molar-refractivity contribution in [2.75, 3.05) is 12.4 Å². The van der Waals surface area contributed by atoms with Crippen LogP contribution in [0.2, 0.25) is 0 Å². The number of aryl methyl sites for hydroxylation is 1. The first-order chi connectivity index (χ1) is 9.65. The second kappa shape index (κ2) is 5.40. The molecule has 4 nitrogen and oxygen atoms in total. The Morgan fingerprint density at radius 1 is 1.25 bits per heavy atom. The van der Waals surface area contributed by atoms with Crippen molar-refractivity contribution in [2.45, 2.75) is 25.7 Å². The van der Waals surface area contributed by atoms with Gasteiger partial charge >= 0.3 is 0 Å². The molecule has 0 spiro atoms. The maximum atomic E-state index is 5.86. The third-order valence-electron chi connectivity index (χ3n) is 3.27. The van der Waals surface area contributed by atoms with E-state index in [2.05, 4.69) is 31.2 Å². The summed E-state index contributed by atoms with van der Waals surface area (Å²) in [7, 11) is 1.85. The van der Waals surface area contributed by atoms with E-state index in [0.717, 1.165) is 27.4 Å². The van der Waals surface area contributed by atoms with Gasteiger partial charge in [0.05, 0.1) is 0 Å². The lowest BCUT2D eigenvalue weighted by atomic mass is 10.2. The predicted octanol–water partition coefficient (Wildman–Crippen LogP) is 4.26. The Morgan fingerprint density at radius 2 is 2.05 bits per heavy atom. The maximum absolute atomic E-state index is 5.86. The molecule has 1 aromatic carbocycles. The van der Waals surface area contributed by atoms with Gasteiger partial charge in [-0.3, -0.25) is 0 Å². The summed E-state index contributed by atoms with van der Waals surface area (Å²) in [5.74, 6) is 3.55. The molecule has 0 amide bonds. The first kappa shape index (κ1) is 13.4. The van der Waals surface area contributed by atoms with E-state index in [4.69, 9.17) is 4.74 Å². The second-order valence-electron chi connectivity index (χ2n) is 4.99. The molecule has 0 atom stereocenters. The van der Waals surface area contributed by atoms with Crippen LogP contribution in [-0.2, 0) is 0 Å². The Hall–Kier alpha value is -1.62. The number of benzene rings is 1. The molecule has 0 bridgehead atoms. The number of hydrogen-bond acceptors (Lipinski definition) is 4. The summed E-state index contributed by atoms with van der Waals surface area (Å²) in [5, 5.41) is 3.06. The SMILES string of the molecule is CNc1cc(Oc2ccc(Br)c(C)c2)nc(C2CC2)n1. The lowest BCUT2D eigenvalue weighted by molar-refractivity contribution is 0.458. The number of hydrogen-bond donors (Lipinski definition) is 1. The van der Waals surface area contributed by atoms with Crippen LogP contribution < -0.4 is 10.1 Å². The smallest absolute Gasteiger partial charge is 0.224 e. The Balaban J connectivity index is 1.88. The highest BCUT2D eigenvalue weighted by Gasteiger charge is 2.27. The fourth-order valence-electron chi connectivity index (χ4n) is 1.95. The molecule has 1 aromatic heterocycles. The van der Waals surface area contributed by atoms with Gasteiger partial charge in [-0.1, -0.05) is 15.9 Å². The van der Waals surface area contributed by atoms with Gasteiger partial charge in [-0.15, -0.1) is 0 Å². The first-order valence-corrected chi connectivity index (χ1v) is 7.46. The number of rotatable bonds is 4. The van der Waals surface area contributed by atoms with Gasteiger partial charge in [0, 0.05) is 23.5 Å². The molecule has 0 saturated heterocycles. The molecule has 0 aliphatic heterocycles. The minimum Gasteiger partial charge on any atom is -0.439 e. The highest BCUT2D eigenvalue weighted by molar-refractivity contribution is 9.10. The Labute approximate surface area is 126 Å². The van der Waals surface area contributed by atoms with Crippen molar-refractivity contribution in [3.8, 4) is 11.6 Å². The van der Waals surface area contributed by atoms with Gasteiger partial charge in [0.1, 0.15) is 17.4 Å². The Kier molecular flexibility index (Phi) is 3.61. The molecule has 1 fully saturated rings. The van der Waals surface area contributed by atoms with Gasteiger partial charge in [-0.2, -0.15) is 4.98 Å². The summed E-state index contributed by atoms with van der Waals surface area (Å²) in [4.78, 5) is 8.98. The molecule has 1 N–H and O–H groups in total. The van der Waals surface area contributed by atoms with E-state index in [1.807, 2.05) is 38.2 Å². The van der Waals surface area contributed by atoms with Crippen LogP contribution in [0.25, 0.3) is 0 Å². The van der Waals surface area contributed by atoms with Crippen LogP contribution in [-0.4, -0.2) is 17.0 Å². The van der Waals surface area contributed by atoms with Gasteiger partial charge < -0.3 is 10.1 Å². The first-order valence-electron chi connectivity index (χ1n) is 6.66. The van der Waals surface area contributed by atoms with Crippen molar-refractivity contribution in [1.29, 1.82) is 0 Å². The quantitative estimate of drug-likeness (QED) is 0.908. The maximum Gasteiger partial charge on any atom is 0.224 e. The molecule has 20 heavy (non-hydrogen) atoms. The van der Waals surface area contributed by atoms with E-state index in [0.29, 0.717) is 11.8 Å². The van der Waals surface area contributed by atoms with E-state index in [1.165, 1.54) is 12.8 Å². The molecule has 0 unspecified atom stereocenters. The number of halogens is 1. The molecule has 1 aliphatic carbocycles. The third kappa shape index (κ3) is 2.93. The summed E-state index contributed by atoms with van der Waals surface area (Å²) >= 11 is 3.49. The zero-order valence-electron chi connectivity index (χ0n) is 11.5. The zero-order valence-corrected chi connectivity index (χ0v) is 13.1. The summed E-state index contributed by atoms with van der Waals surface area (Å²) in [5.41, 5.74) is 1.13. The minimum atomic E-state index is 0.498. The zero-order chi connectivity index (χ0) is 14.1. The Bertz CT molecular complexity index is 641. The van der Waals surface area contributed by atoms with Crippen molar-refractivity contribution in [1.82, 2.24) is 9.97 Å². The van der Waals surface area contributed by atoms with Crippen LogP contribution in [0.5, 0.6) is 11.6 Å². The van der Waals surface area contributed by atoms with Gasteiger partial charge in [0.25, 0.3) is 0 Å². The number of nitrogens with one attached hydrogen (secondary N) is 1. The fraction of sp³-hybridized carbons (Fsp3) is 0.333. The van der Waals surface area contributed by atoms with Crippen LogP contribution in [0.1, 0.15) is 30.1 Å². The molecule has 1 aliphatic rings. The number of nitrogens with zero attached hydrogens (tertiary/aromatic N) is 2. The van der Waals surface area contributed by atoms with Gasteiger partial charge in [0.15, 0.2) is 0 Å². The summed E-state index contributed by atoms with van der Waals surface area (Å²) in [6.45, 7) is 2.03. The molecular formula is C15H16BrN3O. The number of anilines is 1. The number of ether oxygens (including phenoxy) is 1. The topological polar surface area (TPSA) is 47.0 Å². The van der Waals surface area contributed by atoms with E-state index in [1.54, 1.807) is 0 Å². The highest BCUT2D eigenvalue weighted by Crippen LogP contribution is 2.39. The van der Waals surface area contributed by atoms with Crippen LogP contribution >= 0.6 is 15.9 Å². The number of aromatic nitrogens is 2. The molecule has 5 heteroatoms. The largest absolute Gasteiger partial charge is 0.439 e. The van der Waals surface area contributed by atoms with Crippen LogP contribution in [0, 0.1) is 6.92 Å². The molecule has 104 valence electrons. The molecule has 1 saturated carbocycles. The normalized spacial score (nSPS) is 14.2. The fourth-order valence-corrected chi connectivity index (χ4v) is 2.20. The van der Waals surface area contributed by atoms with Crippen LogP contribution in [0.15, 0.2) is 28.7 Å². The standard InChI is InChI=1S/C15H16BrN3O/c1-9-7-11(5-6-12(9)16)20-14-8-13(17-2)18-15(19-14)10-3-4-10/h5-8,10H,3-4H2,1-2H3,(H,17,18,19). The highest BCUT2D eigenvalue weighted by atomic mass is 79.9. The van der Waals surface area contributed by atoms with Gasteiger partial charge in [0.2, 0.25) is 5.88 Å². The summed E-state index contributed by atoms with van der Waals surface area (Å²) in [6.07, 6.45) is 2.34. The molecule has 0 radical (unpaired) electrons.